The Morgan fingerprint density at radius 1 is 1.03 bits per heavy atom. The molecule has 0 fully saturated rings. The number of anilines is 1. The highest BCUT2D eigenvalue weighted by atomic mass is 32.2. The minimum absolute atomic E-state index is 0.0934. The Kier molecular flexibility index (Phi) is 7.54. The zero-order chi connectivity index (χ0) is 27.7. The number of thioether (sulfide) groups is 1. The van der Waals surface area contributed by atoms with Crippen molar-refractivity contribution < 1.29 is 9.53 Å². The van der Waals surface area contributed by atoms with Gasteiger partial charge in [-0.25, -0.2) is 0 Å². The summed E-state index contributed by atoms with van der Waals surface area (Å²) in [5.74, 6) is 1.54. The van der Waals surface area contributed by atoms with Gasteiger partial charge in [-0.15, -0.1) is 11.8 Å². The summed E-state index contributed by atoms with van der Waals surface area (Å²) in [6.07, 6.45) is 1.96. The third-order valence-corrected chi connectivity index (χ3v) is 8.98. The SMILES string of the molecule is COc1ccc(N2C(N)=C(C#N)C(c3cc(CSc4ccccc4C)c(C)cc3C)C3=C2CCCC3=O)cc1. The van der Waals surface area contributed by atoms with E-state index < -0.39 is 5.92 Å². The Morgan fingerprint density at radius 2 is 1.77 bits per heavy atom. The molecule has 0 spiro atoms. The van der Waals surface area contributed by atoms with Crippen molar-refractivity contribution in [2.24, 2.45) is 5.73 Å². The van der Waals surface area contributed by atoms with Crippen molar-refractivity contribution in [1.29, 1.82) is 5.26 Å². The maximum atomic E-state index is 13.6. The van der Waals surface area contributed by atoms with Gasteiger partial charge in [0.25, 0.3) is 0 Å². The molecule has 39 heavy (non-hydrogen) atoms. The maximum absolute atomic E-state index is 13.6. The Balaban J connectivity index is 1.62. The van der Waals surface area contributed by atoms with E-state index in [-0.39, 0.29) is 5.78 Å². The quantitative estimate of drug-likeness (QED) is 0.336. The number of hydrogen-bond donors (Lipinski definition) is 1. The summed E-state index contributed by atoms with van der Waals surface area (Å²) in [6.45, 7) is 6.32. The Labute approximate surface area is 235 Å². The van der Waals surface area contributed by atoms with Crippen LogP contribution in [0.2, 0.25) is 0 Å². The van der Waals surface area contributed by atoms with E-state index in [1.807, 2.05) is 40.9 Å². The molecule has 1 atom stereocenters. The molecule has 0 saturated heterocycles. The van der Waals surface area contributed by atoms with Gasteiger partial charge in [-0.2, -0.15) is 5.26 Å². The van der Waals surface area contributed by atoms with Gasteiger partial charge in [-0.05, 0) is 91.8 Å². The summed E-state index contributed by atoms with van der Waals surface area (Å²) in [4.78, 5) is 16.7. The largest absolute Gasteiger partial charge is 0.497 e. The molecule has 6 heteroatoms. The number of nitrogens with zero attached hydrogens (tertiary/aromatic N) is 2. The standard InChI is InChI=1S/C33H33N3O2S/c1-20-8-5-6-11-30(20)39-19-23-17-26(22(3)16-21(23)2)31-27(18-34)33(35)36(24-12-14-25(38-4)15-13-24)28-9-7-10-29(37)32(28)31/h5-6,8,11-17,31H,7,9-10,19,35H2,1-4H3. The molecule has 5 nitrogen and oxygen atoms in total. The first-order valence-electron chi connectivity index (χ1n) is 13.2. The van der Waals surface area contributed by atoms with E-state index in [2.05, 4.69) is 63.2 Å². The molecule has 198 valence electrons. The highest BCUT2D eigenvalue weighted by Crippen LogP contribution is 2.47. The number of carbonyl (C=O) groups excluding carboxylic acids is 1. The van der Waals surface area contributed by atoms with Crippen LogP contribution < -0.4 is 15.4 Å². The average Bonchev–Trinajstić information content (AvgIpc) is 2.93. The van der Waals surface area contributed by atoms with Crippen LogP contribution >= 0.6 is 11.8 Å². The lowest BCUT2D eigenvalue weighted by Gasteiger charge is -2.40. The van der Waals surface area contributed by atoms with Crippen LogP contribution in [0.1, 0.15) is 53.0 Å². The van der Waals surface area contributed by atoms with Crippen LogP contribution in [-0.2, 0) is 10.5 Å². The first kappa shape index (κ1) is 26.6. The number of carbonyl (C=O) groups is 1. The molecule has 0 radical (unpaired) electrons. The number of nitriles is 1. The van der Waals surface area contributed by atoms with Gasteiger partial charge in [0.1, 0.15) is 11.6 Å². The molecule has 5 rings (SSSR count). The number of methoxy groups -OCH3 is 1. The molecule has 2 aliphatic rings. The number of ketones is 1. The van der Waals surface area contributed by atoms with E-state index in [1.165, 1.54) is 21.6 Å². The molecule has 0 saturated carbocycles. The fourth-order valence-electron chi connectivity index (χ4n) is 5.68. The molecule has 3 aromatic carbocycles. The summed E-state index contributed by atoms with van der Waals surface area (Å²) >= 11 is 1.81. The van der Waals surface area contributed by atoms with E-state index in [0.717, 1.165) is 46.9 Å². The fourth-order valence-corrected chi connectivity index (χ4v) is 6.77. The molecule has 0 amide bonds. The summed E-state index contributed by atoms with van der Waals surface area (Å²) in [5.41, 5.74) is 15.3. The lowest BCUT2D eigenvalue weighted by Crippen LogP contribution is -2.38. The van der Waals surface area contributed by atoms with Crippen LogP contribution in [0, 0.1) is 32.1 Å². The predicted molar refractivity (Wildman–Crippen MR) is 158 cm³/mol. The van der Waals surface area contributed by atoms with E-state index in [1.54, 1.807) is 7.11 Å². The second-order valence-corrected chi connectivity index (χ2v) is 11.2. The number of aryl methyl sites for hydroxylation is 3. The number of allylic oxidation sites excluding steroid dienone is 3. The third kappa shape index (κ3) is 4.95. The van der Waals surface area contributed by atoms with E-state index >= 15 is 0 Å². The Bertz CT molecular complexity index is 1550. The number of ether oxygens (including phenoxy) is 1. The van der Waals surface area contributed by atoms with Crippen molar-refractivity contribution in [2.75, 3.05) is 12.0 Å². The van der Waals surface area contributed by atoms with Crippen molar-refractivity contribution in [3.05, 3.63) is 111 Å². The molecule has 1 aliphatic heterocycles. The van der Waals surface area contributed by atoms with Crippen LogP contribution in [0.3, 0.4) is 0 Å². The second kappa shape index (κ2) is 11.0. The topological polar surface area (TPSA) is 79.3 Å². The van der Waals surface area contributed by atoms with Crippen molar-refractivity contribution >= 4 is 23.2 Å². The van der Waals surface area contributed by atoms with Crippen LogP contribution in [0.25, 0.3) is 0 Å². The third-order valence-electron chi connectivity index (χ3n) is 7.76. The molecule has 0 aromatic heterocycles. The van der Waals surface area contributed by atoms with Gasteiger partial charge < -0.3 is 10.5 Å². The van der Waals surface area contributed by atoms with E-state index in [9.17, 15) is 10.1 Å². The Morgan fingerprint density at radius 3 is 2.46 bits per heavy atom. The van der Waals surface area contributed by atoms with Crippen LogP contribution in [0.15, 0.2) is 88.2 Å². The molecular weight excluding hydrogens is 502 g/mol. The highest BCUT2D eigenvalue weighted by molar-refractivity contribution is 7.98. The predicted octanol–water partition coefficient (Wildman–Crippen LogP) is 7.22. The monoisotopic (exact) mass is 535 g/mol. The van der Waals surface area contributed by atoms with Crippen molar-refractivity contribution in [3.8, 4) is 11.8 Å². The van der Waals surface area contributed by atoms with Gasteiger partial charge in [0.05, 0.1) is 24.7 Å². The number of nitrogens with two attached hydrogens (primary N) is 1. The van der Waals surface area contributed by atoms with Gasteiger partial charge >= 0.3 is 0 Å². The minimum atomic E-state index is -0.477. The lowest BCUT2D eigenvalue weighted by molar-refractivity contribution is -0.116. The zero-order valence-electron chi connectivity index (χ0n) is 22.9. The normalized spacial score (nSPS) is 17.3. The summed E-state index contributed by atoms with van der Waals surface area (Å²) in [6, 6.07) is 22.7. The van der Waals surface area contributed by atoms with Gasteiger partial charge in [-0.3, -0.25) is 9.69 Å². The van der Waals surface area contributed by atoms with Gasteiger partial charge in [0, 0.05) is 34.0 Å². The zero-order valence-corrected chi connectivity index (χ0v) is 23.7. The van der Waals surface area contributed by atoms with E-state index in [0.29, 0.717) is 23.4 Å². The van der Waals surface area contributed by atoms with Crippen LogP contribution in [0.4, 0.5) is 5.69 Å². The van der Waals surface area contributed by atoms with Crippen LogP contribution in [-0.4, -0.2) is 12.9 Å². The van der Waals surface area contributed by atoms with E-state index in [4.69, 9.17) is 10.5 Å². The minimum Gasteiger partial charge on any atom is -0.497 e. The molecule has 3 aromatic rings. The lowest BCUT2D eigenvalue weighted by atomic mass is 9.74. The summed E-state index contributed by atoms with van der Waals surface area (Å²) in [7, 11) is 1.63. The summed E-state index contributed by atoms with van der Waals surface area (Å²) < 4.78 is 5.33. The average molecular weight is 536 g/mol. The molecule has 1 heterocycles. The molecule has 1 aliphatic carbocycles. The fraction of sp³-hybridized carbons (Fsp3) is 0.273. The van der Waals surface area contributed by atoms with Crippen molar-refractivity contribution in [3.63, 3.8) is 0 Å². The van der Waals surface area contributed by atoms with Crippen molar-refractivity contribution in [1.82, 2.24) is 0 Å². The first-order chi connectivity index (χ1) is 18.8. The molecule has 0 bridgehead atoms. The highest BCUT2D eigenvalue weighted by Gasteiger charge is 2.41. The van der Waals surface area contributed by atoms with Gasteiger partial charge in [-0.1, -0.05) is 30.3 Å². The molecule has 1 unspecified atom stereocenters. The number of hydrogen-bond acceptors (Lipinski definition) is 6. The van der Waals surface area contributed by atoms with Crippen LogP contribution in [0.5, 0.6) is 5.75 Å². The number of Topliss-reactive ketones (excluding diaryl/α,β-unsaturated/α-hetero) is 1. The Hall–Kier alpha value is -3.95. The molecule has 2 N–H and O–H groups in total. The smallest absolute Gasteiger partial charge is 0.161 e. The summed E-state index contributed by atoms with van der Waals surface area (Å²) in [5, 5.41) is 10.4. The second-order valence-electron chi connectivity index (χ2n) is 10.2. The maximum Gasteiger partial charge on any atom is 0.161 e. The van der Waals surface area contributed by atoms with Gasteiger partial charge in [0.15, 0.2) is 5.78 Å². The number of benzene rings is 3. The molecular formula is C33H33N3O2S. The first-order valence-corrected chi connectivity index (χ1v) is 14.2. The van der Waals surface area contributed by atoms with Gasteiger partial charge in [0.2, 0.25) is 0 Å². The number of rotatable bonds is 6. The van der Waals surface area contributed by atoms with Crippen molar-refractivity contribution in [2.45, 2.75) is 56.6 Å².